The second-order valence-electron chi connectivity index (χ2n) is 3.85. The summed E-state index contributed by atoms with van der Waals surface area (Å²) in [7, 11) is 0. The quantitative estimate of drug-likeness (QED) is 0.750. The predicted molar refractivity (Wildman–Crippen MR) is 62.3 cm³/mol. The average molecular weight is 236 g/mol. The van der Waals surface area contributed by atoms with Crippen LogP contribution in [-0.4, -0.2) is 31.9 Å². The first-order valence-electron chi connectivity index (χ1n) is 5.81. The normalized spacial score (nSPS) is 19.0. The number of benzene rings is 1. The van der Waals surface area contributed by atoms with E-state index in [9.17, 15) is 4.79 Å². The standard InChI is InChI=1S/C13H16O4/c1-2-16-11-5-3-10(4-6-11)13(14)17-12-7-8-15-9-12/h3-6,12H,2,7-9H2,1H3. The Kier molecular flexibility index (Phi) is 3.98. The topological polar surface area (TPSA) is 44.8 Å². The molecule has 1 aliphatic rings. The molecule has 1 aliphatic heterocycles. The van der Waals surface area contributed by atoms with Crippen LogP contribution in [0.3, 0.4) is 0 Å². The van der Waals surface area contributed by atoms with Crippen molar-refractivity contribution in [3.63, 3.8) is 0 Å². The zero-order valence-corrected chi connectivity index (χ0v) is 9.85. The van der Waals surface area contributed by atoms with Gasteiger partial charge in [0.25, 0.3) is 0 Å². The second-order valence-corrected chi connectivity index (χ2v) is 3.85. The first-order chi connectivity index (χ1) is 8.29. The van der Waals surface area contributed by atoms with Crippen molar-refractivity contribution in [2.24, 2.45) is 0 Å². The van der Waals surface area contributed by atoms with Gasteiger partial charge in [-0.05, 0) is 31.2 Å². The van der Waals surface area contributed by atoms with Crippen molar-refractivity contribution in [1.29, 1.82) is 0 Å². The summed E-state index contributed by atoms with van der Waals surface area (Å²) >= 11 is 0. The predicted octanol–water partition coefficient (Wildman–Crippen LogP) is 2.03. The summed E-state index contributed by atoms with van der Waals surface area (Å²) in [5.41, 5.74) is 0.542. The summed E-state index contributed by atoms with van der Waals surface area (Å²) < 4.78 is 15.7. The molecule has 4 heteroatoms. The van der Waals surface area contributed by atoms with E-state index in [1.165, 1.54) is 0 Å². The maximum Gasteiger partial charge on any atom is 0.338 e. The van der Waals surface area contributed by atoms with Crippen molar-refractivity contribution in [3.05, 3.63) is 29.8 Å². The smallest absolute Gasteiger partial charge is 0.338 e. The van der Waals surface area contributed by atoms with E-state index in [2.05, 4.69) is 0 Å². The fourth-order valence-electron chi connectivity index (χ4n) is 1.68. The van der Waals surface area contributed by atoms with Crippen LogP contribution < -0.4 is 4.74 Å². The largest absolute Gasteiger partial charge is 0.494 e. The molecule has 1 heterocycles. The van der Waals surface area contributed by atoms with E-state index >= 15 is 0 Å². The highest BCUT2D eigenvalue weighted by Crippen LogP contribution is 2.15. The van der Waals surface area contributed by atoms with Gasteiger partial charge in [0.2, 0.25) is 0 Å². The van der Waals surface area contributed by atoms with Gasteiger partial charge in [0.05, 0.1) is 25.4 Å². The summed E-state index contributed by atoms with van der Waals surface area (Å²) in [5.74, 6) is 0.455. The minimum absolute atomic E-state index is 0.103. The van der Waals surface area contributed by atoms with Gasteiger partial charge in [0, 0.05) is 6.42 Å². The Morgan fingerprint density at radius 1 is 1.41 bits per heavy atom. The van der Waals surface area contributed by atoms with E-state index < -0.39 is 0 Å². The van der Waals surface area contributed by atoms with Crippen LogP contribution in [0.25, 0.3) is 0 Å². The van der Waals surface area contributed by atoms with Gasteiger partial charge >= 0.3 is 5.97 Å². The van der Waals surface area contributed by atoms with Gasteiger partial charge in [-0.3, -0.25) is 0 Å². The van der Waals surface area contributed by atoms with Crippen LogP contribution in [0.15, 0.2) is 24.3 Å². The van der Waals surface area contributed by atoms with Crippen molar-refractivity contribution in [1.82, 2.24) is 0 Å². The van der Waals surface area contributed by atoms with Crippen molar-refractivity contribution in [2.45, 2.75) is 19.4 Å². The van der Waals surface area contributed by atoms with Gasteiger partial charge in [-0.25, -0.2) is 4.79 Å². The molecule has 4 nitrogen and oxygen atoms in total. The third-order valence-corrected chi connectivity index (χ3v) is 2.56. The highest BCUT2D eigenvalue weighted by molar-refractivity contribution is 5.89. The Bertz CT molecular complexity index is 366. The fraction of sp³-hybridized carbons (Fsp3) is 0.462. The Hall–Kier alpha value is -1.55. The highest BCUT2D eigenvalue weighted by Gasteiger charge is 2.20. The van der Waals surface area contributed by atoms with Gasteiger partial charge < -0.3 is 14.2 Å². The summed E-state index contributed by atoms with van der Waals surface area (Å²) in [6.45, 7) is 3.70. The zero-order valence-electron chi connectivity index (χ0n) is 9.85. The Morgan fingerprint density at radius 3 is 2.76 bits per heavy atom. The molecule has 0 N–H and O–H groups in total. The van der Waals surface area contributed by atoms with E-state index in [1.807, 2.05) is 6.92 Å². The Morgan fingerprint density at radius 2 is 2.18 bits per heavy atom. The molecule has 1 atom stereocenters. The van der Waals surface area contributed by atoms with E-state index in [1.54, 1.807) is 24.3 Å². The van der Waals surface area contributed by atoms with Crippen LogP contribution in [-0.2, 0) is 9.47 Å². The SMILES string of the molecule is CCOc1ccc(C(=O)OC2CCOC2)cc1. The van der Waals surface area contributed by atoms with Gasteiger partial charge in [-0.2, -0.15) is 0 Å². The molecule has 1 saturated heterocycles. The van der Waals surface area contributed by atoms with E-state index in [0.29, 0.717) is 25.4 Å². The molecule has 0 spiro atoms. The molecule has 0 bridgehead atoms. The van der Waals surface area contributed by atoms with Gasteiger partial charge in [0.15, 0.2) is 0 Å². The van der Waals surface area contributed by atoms with Crippen molar-refractivity contribution >= 4 is 5.97 Å². The van der Waals surface area contributed by atoms with Crippen LogP contribution in [0.2, 0.25) is 0 Å². The molecular formula is C13H16O4. The van der Waals surface area contributed by atoms with Crippen LogP contribution in [0.1, 0.15) is 23.7 Å². The third kappa shape index (κ3) is 3.20. The molecule has 1 unspecified atom stereocenters. The average Bonchev–Trinajstić information content (AvgIpc) is 2.83. The lowest BCUT2D eigenvalue weighted by Gasteiger charge is -2.10. The molecule has 17 heavy (non-hydrogen) atoms. The number of rotatable bonds is 4. The lowest BCUT2D eigenvalue weighted by molar-refractivity contribution is 0.0270. The first-order valence-corrected chi connectivity index (χ1v) is 5.81. The monoisotopic (exact) mass is 236 g/mol. The van der Waals surface area contributed by atoms with Gasteiger partial charge in [-0.15, -0.1) is 0 Å². The van der Waals surface area contributed by atoms with Crippen LogP contribution >= 0.6 is 0 Å². The van der Waals surface area contributed by atoms with Crippen LogP contribution in [0.4, 0.5) is 0 Å². The molecule has 0 saturated carbocycles. The van der Waals surface area contributed by atoms with Crippen molar-refractivity contribution in [3.8, 4) is 5.75 Å². The zero-order chi connectivity index (χ0) is 12.1. The molecule has 0 radical (unpaired) electrons. The number of carbonyl (C=O) groups excluding carboxylic acids is 1. The van der Waals surface area contributed by atoms with E-state index in [4.69, 9.17) is 14.2 Å². The summed E-state index contributed by atoms with van der Waals surface area (Å²) in [6.07, 6.45) is 0.678. The van der Waals surface area contributed by atoms with Crippen LogP contribution in [0.5, 0.6) is 5.75 Å². The van der Waals surface area contributed by atoms with Crippen molar-refractivity contribution in [2.75, 3.05) is 19.8 Å². The summed E-state index contributed by atoms with van der Waals surface area (Å²) in [4.78, 5) is 11.8. The maximum absolute atomic E-state index is 11.8. The lowest BCUT2D eigenvalue weighted by atomic mass is 10.2. The summed E-state index contributed by atoms with van der Waals surface area (Å²) in [5, 5.41) is 0. The Balaban J connectivity index is 1.93. The lowest BCUT2D eigenvalue weighted by Crippen LogP contribution is -2.17. The van der Waals surface area contributed by atoms with E-state index in [0.717, 1.165) is 12.2 Å². The molecule has 1 aromatic rings. The minimum atomic E-state index is -0.302. The highest BCUT2D eigenvalue weighted by atomic mass is 16.6. The molecule has 1 fully saturated rings. The number of ether oxygens (including phenoxy) is 3. The molecule has 0 aliphatic carbocycles. The number of hydrogen-bond acceptors (Lipinski definition) is 4. The van der Waals surface area contributed by atoms with Gasteiger partial charge in [-0.1, -0.05) is 0 Å². The number of esters is 1. The van der Waals surface area contributed by atoms with Crippen LogP contribution in [0, 0.1) is 0 Å². The second kappa shape index (κ2) is 5.68. The van der Waals surface area contributed by atoms with E-state index in [-0.39, 0.29) is 12.1 Å². The number of carbonyl (C=O) groups is 1. The molecule has 1 aromatic carbocycles. The molecule has 92 valence electrons. The number of hydrogen-bond donors (Lipinski definition) is 0. The van der Waals surface area contributed by atoms with Crippen molar-refractivity contribution < 1.29 is 19.0 Å². The molecule has 0 amide bonds. The third-order valence-electron chi connectivity index (χ3n) is 2.56. The molecule has 2 rings (SSSR count). The summed E-state index contributed by atoms with van der Waals surface area (Å²) in [6, 6.07) is 6.96. The fourth-order valence-corrected chi connectivity index (χ4v) is 1.68. The molecular weight excluding hydrogens is 220 g/mol. The molecule has 0 aromatic heterocycles. The Labute approximate surface area is 100 Å². The minimum Gasteiger partial charge on any atom is -0.494 e. The maximum atomic E-state index is 11.8. The first kappa shape index (κ1) is 11.9. The van der Waals surface area contributed by atoms with Gasteiger partial charge in [0.1, 0.15) is 11.9 Å².